The molecule has 1 N–H and O–H groups in total. The zero-order valence-corrected chi connectivity index (χ0v) is 17.4. The summed E-state index contributed by atoms with van der Waals surface area (Å²) >= 11 is 5.18. The number of benzene rings is 2. The third-order valence-corrected chi connectivity index (χ3v) is 4.97. The van der Waals surface area contributed by atoms with Crippen molar-refractivity contribution >= 4 is 46.6 Å². The lowest BCUT2D eigenvalue weighted by molar-refractivity contribution is -0.384. The molecule has 9 nitrogen and oxygen atoms in total. The summed E-state index contributed by atoms with van der Waals surface area (Å²) in [4.78, 5) is 37.2. The quantitative estimate of drug-likeness (QED) is 0.208. The predicted octanol–water partition coefficient (Wildman–Crippen LogP) is 3.69. The Morgan fingerprint density at radius 3 is 2.56 bits per heavy atom. The van der Waals surface area contributed by atoms with Crippen molar-refractivity contribution in [2.45, 2.75) is 0 Å². The maximum absolute atomic E-state index is 13.1. The van der Waals surface area contributed by atoms with Crippen LogP contribution in [0, 0.1) is 10.1 Å². The van der Waals surface area contributed by atoms with Crippen molar-refractivity contribution in [2.24, 2.45) is 0 Å². The van der Waals surface area contributed by atoms with Gasteiger partial charge in [-0.05, 0) is 54.7 Å². The molecule has 2 heterocycles. The molecule has 0 aliphatic carbocycles. The Morgan fingerprint density at radius 2 is 1.88 bits per heavy atom. The highest BCUT2D eigenvalue weighted by Gasteiger charge is 2.34. The Balaban J connectivity index is 1.65. The number of nitrogens with one attached hydrogen (secondary N) is 1. The zero-order valence-electron chi connectivity index (χ0n) is 16.6. The molecule has 0 radical (unpaired) electrons. The normalized spacial score (nSPS) is 15.1. The number of ether oxygens (including phenoxy) is 1. The van der Waals surface area contributed by atoms with Crippen LogP contribution in [-0.4, -0.2) is 29.0 Å². The van der Waals surface area contributed by atoms with Crippen molar-refractivity contribution in [3.05, 3.63) is 82.1 Å². The van der Waals surface area contributed by atoms with Gasteiger partial charge in [0.15, 0.2) is 5.11 Å². The molecular weight excluding hydrogens is 434 g/mol. The number of nitro groups is 1. The number of thiocarbonyl (C=S) groups is 1. The topological polar surface area (TPSA) is 115 Å². The predicted molar refractivity (Wildman–Crippen MR) is 120 cm³/mol. The molecule has 0 spiro atoms. The van der Waals surface area contributed by atoms with Crippen molar-refractivity contribution in [2.75, 3.05) is 12.0 Å². The van der Waals surface area contributed by atoms with Crippen LogP contribution in [0.15, 0.2) is 70.7 Å². The van der Waals surface area contributed by atoms with E-state index in [-0.39, 0.29) is 22.1 Å². The Kier molecular flexibility index (Phi) is 5.52. The van der Waals surface area contributed by atoms with Crippen LogP contribution in [0.4, 0.5) is 11.4 Å². The van der Waals surface area contributed by atoms with E-state index in [2.05, 4.69) is 5.32 Å². The van der Waals surface area contributed by atoms with Gasteiger partial charge in [-0.3, -0.25) is 29.9 Å². The third-order valence-electron chi connectivity index (χ3n) is 4.69. The lowest BCUT2D eigenvalue weighted by atomic mass is 10.1. The molecular formula is C22H15N3O6S. The second-order valence-electron chi connectivity index (χ2n) is 6.67. The van der Waals surface area contributed by atoms with Crippen LogP contribution >= 0.6 is 12.2 Å². The van der Waals surface area contributed by atoms with Crippen molar-refractivity contribution in [3.63, 3.8) is 0 Å². The summed E-state index contributed by atoms with van der Waals surface area (Å²) in [5.74, 6) is -0.0808. The lowest BCUT2D eigenvalue weighted by Gasteiger charge is -2.28. The van der Waals surface area contributed by atoms with Crippen LogP contribution in [-0.2, 0) is 9.59 Å². The van der Waals surface area contributed by atoms with Crippen LogP contribution in [0.2, 0.25) is 0 Å². The Morgan fingerprint density at radius 1 is 1.12 bits per heavy atom. The van der Waals surface area contributed by atoms with Crippen LogP contribution in [0.5, 0.6) is 5.75 Å². The van der Waals surface area contributed by atoms with Gasteiger partial charge in [0, 0.05) is 17.7 Å². The molecule has 1 aromatic heterocycles. The van der Waals surface area contributed by atoms with E-state index in [0.717, 1.165) is 0 Å². The number of amides is 2. The number of hydrogen-bond acceptors (Lipinski definition) is 7. The van der Waals surface area contributed by atoms with E-state index in [9.17, 15) is 19.7 Å². The molecule has 1 fully saturated rings. The molecule has 1 saturated heterocycles. The average molecular weight is 449 g/mol. The fourth-order valence-electron chi connectivity index (χ4n) is 3.12. The molecule has 0 atom stereocenters. The molecule has 1 aliphatic rings. The minimum absolute atomic E-state index is 0.0426. The number of nitro benzene ring substituents is 1. The van der Waals surface area contributed by atoms with Gasteiger partial charge in [-0.25, -0.2) is 0 Å². The Hall–Kier alpha value is -4.31. The first-order valence-electron chi connectivity index (χ1n) is 9.27. The van der Waals surface area contributed by atoms with Gasteiger partial charge in [-0.15, -0.1) is 0 Å². The monoisotopic (exact) mass is 449 g/mol. The molecule has 0 unspecified atom stereocenters. The summed E-state index contributed by atoms with van der Waals surface area (Å²) in [6, 6.07) is 15.7. The number of hydrogen-bond donors (Lipinski definition) is 1. The highest BCUT2D eigenvalue weighted by Crippen LogP contribution is 2.28. The maximum Gasteiger partial charge on any atom is 0.270 e. The van der Waals surface area contributed by atoms with Gasteiger partial charge in [0.05, 0.1) is 17.7 Å². The summed E-state index contributed by atoms with van der Waals surface area (Å²) in [6.07, 6.45) is 1.30. The van der Waals surface area contributed by atoms with Gasteiger partial charge in [0.25, 0.3) is 17.5 Å². The minimum Gasteiger partial charge on any atom is -0.497 e. The van der Waals surface area contributed by atoms with Gasteiger partial charge in [0.1, 0.15) is 22.8 Å². The van der Waals surface area contributed by atoms with Crippen LogP contribution < -0.4 is 15.0 Å². The van der Waals surface area contributed by atoms with E-state index in [1.165, 1.54) is 30.2 Å². The minimum atomic E-state index is -0.655. The highest BCUT2D eigenvalue weighted by atomic mass is 32.1. The van der Waals surface area contributed by atoms with Gasteiger partial charge in [0.2, 0.25) is 0 Å². The highest BCUT2D eigenvalue weighted by molar-refractivity contribution is 7.80. The number of anilines is 1. The van der Waals surface area contributed by atoms with E-state index in [1.54, 1.807) is 48.5 Å². The van der Waals surface area contributed by atoms with Crippen molar-refractivity contribution < 1.29 is 23.7 Å². The SMILES string of the molecule is COc1ccc(N2C(=O)/C(=C\c3ccc(-c4cccc([N+](=O)[O-])c4)o3)C(=O)NC2=S)cc1. The van der Waals surface area contributed by atoms with E-state index in [1.807, 2.05) is 0 Å². The molecule has 0 saturated carbocycles. The van der Waals surface area contributed by atoms with Crippen LogP contribution in [0.3, 0.4) is 0 Å². The smallest absolute Gasteiger partial charge is 0.270 e. The summed E-state index contributed by atoms with van der Waals surface area (Å²) in [5, 5.41) is 13.5. The molecule has 2 amide bonds. The zero-order chi connectivity index (χ0) is 22.8. The summed E-state index contributed by atoms with van der Waals surface area (Å²) in [6.45, 7) is 0. The molecule has 2 aromatic carbocycles. The first kappa shape index (κ1) is 20.9. The van der Waals surface area contributed by atoms with Crippen molar-refractivity contribution in [3.8, 4) is 17.1 Å². The first-order valence-corrected chi connectivity index (χ1v) is 9.68. The summed E-state index contributed by atoms with van der Waals surface area (Å²) < 4.78 is 10.8. The van der Waals surface area contributed by atoms with E-state index in [4.69, 9.17) is 21.4 Å². The maximum atomic E-state index is 13.1. The second kappa shape index (κ2) is 8.44. The lowest BCUT2D eigenvalue weighted by Crippen LogP contribution is -2.54. The third kappa shape index (κ3) is 3.98. The van der Waals surface area contributed by atoms with E-state index >= 15 is 0 Å². The molecule has 0 bridgehead atoms. The fourth-order valence-corrected chi connectivity index (χ4v) is 3.40. The van der Waals surface area contributed by atoms with Gasteiger partial charge in [-0.1, -0.05) is 12.1 Å². The Labute approximate surface area is 187 Å². The van der Waals surface area contributed by atoms with Crippen LogP contribution in [0.1, 0.15) is 5.76 Å². The largest absolute Gasteiger partial charge is 0.497 e. The number of furan rings is 1. The number of rotatable bonds is 5. The van der Waals surface area contributed by atoms with E-state index < -0.39 is 16.7 Å². The molecule has 32 heavy (non-hydrogen) atoms. The van der Waals surface area contributed by atoms with Crippen molar-refractivity contribution in [1.82, 2.24) is 5.32 Å². The molecule has 1 aliphatic heterocycles. The van der Waals surface area contributed by atoms with Gasteiger partial charge >= 0.3 is 0 Å². The fraction of sp³-hybridized carbons (Fsp3) is 0.0455. The number of carbonyl (C=O) groups excluding carboxylic acids is 2. The molecule has 10 heteroatoms. The molecule has 3 aromatic rings. The standard InChI is InChI=1S/C22H15N3O6S/c1-30-16-7-5-14(6-8-16)24-21(27)18(20(26)23-22(24)32)12-17-9-10-19(31-17)13-3-2-4-15(11-13)25(28)29/h2-12H,1H3,(H,23,26,32)/b18-12-. The van der Waals surface area contributed by atoms with Gasteiger partial charge in [-0.2, -0.15) is 0 Å². The summed E-state index contributed by atoms with van der Waals surface area (Å²) in [5.41, 5.74) is 0.700. The average Bonchev–Trinajstić information content (AvgIpc) is 3.26. The number of carbonyl (C=O) groups is 2. The van der Waals surface area contributed by atoms with Gasteiger partial charge < -0.3 is 9.15 Å². The number of non-ortho nitro benzene ring substituents is 1. The first-order chi connectivity index (χ1) is 15.4. The Bertz CT molecular complexity index is 1280. The number of nitrogens with zero attached hydrogens (tertiary/aromatic N) is 2. The molecule has 160 valence electrons. The number of methoxy groups -OCH3 is 1. The van der Waals surface area contributed by atoms with E-state index in [0.29, 0.717) is 22.8 Å². The second-order valence-corrected chi connectivity index (χ2v) is 7.05. The summed E-state index contributed by atoms with van der Waals surface area (Å²) in [7, 11) is 1.53. The van der Waals surface area contributed by atoms with Crippen molar-refractivity contribution in [1.29, 1.82) is 0 Å². The molecule has 4 rings (SSSR count). The van der Waals surface area contributed by atoms with Crippen LogP contribution in [0.25, 0.3) is 17.4 Å².